The summed E-state index contributed by atoms with van der Waals surface area (Å²) in [6.07, 6.45) is 0. The lowest BCUT2D eigenvalue weighted by molar-refractivity contribution is -0.139. The zero-order valence-corrected chi connectivity index (χ0v) is 26.1. The molecule has 0 fully saturated rings. The van der Waals surface area contributed by atoms with Gasteiger partial charge in [-0.1, -0.05) is 66.9 Å². The third kappa shape index (κ3) is 8.15. The number of anilines is 1. The van der Waals surface area contributed by atoms with Gasteiger partial charge in [-0.15, -0.1) is 0 Å². The molecule has 0 aliphatic heterocycles. The topological polar surface area (TPSA) is 96.0 Å². The van der Waals surface area contributed by atoms with Crippen molar-refractivity contribution in [3.63, 3.8) is 0 Å². The first-order valence-corrected chi connectivity index (χ1v) is 15.3. The standard InChI is InChI=1S/C30H35Cl2N3O5S/c1-20(2)17-33-30(37)22(4)34(18-26-27(31)10-7-11-28(26)32)29(36)19-35(23-8-6-9-24(16-23)40-5)41(38,39)25-14-12-21(3)13-15-25/h6-16,20,22H,17-19H2,1-5H3,(H,33,37)/t22-/m1/s1. The Bertz CT molecular complexity index is 1460. The third-order valence-electron chi connectivity index (χ3n) is 6.47. The number of hydrogen-bond acceptors (Lipinski definition) is 5. The molecule has 41 heavy (non-hydrogen) atoms. The Kier molecular flexibility index (Phi) is 11.1. The molecule has 8 nitrogen and oxygen atoms in total. The van der Waals surface area contributed by atoms with Gasteiger partial charge in [0.15, 0.2) is 0 Å². The molecule has 0 saturated heterocycles. The fraction of sp³-hybridized carbons (Fsp3) is 0.333. The monoisotopic (exact) mass is 619 g/mol. The van der Waals surface area contributed by atoms with Crippen molar-refractivity contribution in [3.8, 4) is 5.75 Å². The highest BCUT2D eigenvalue weighted by atomic mass is 35.5. The van der Waals surface area contributed by atoms with Crippen LogP contribution in [0.25, 0.3) is 0 Å². The van der Waals surface area contributed by atoms with Crippen LogP contribution >= 0.6 is 23.2 Å². The first-order valence-electron chi connectivity index (χ1n) is 13.1. The zero-order valence-electron chi connectivity index (χ0n) is 23.7. The number of sulfonamides is 1. The van der Waals surface area contributed by atoms with Crippen LogP contribution in [0.5, 0.6) is 5.75 Å². The Balaban J connectivity index is 2.07. The summed E-state index contributed by atoms with van der Waals surface area (Å²) in [4.78, 5) is 28.5. The molecule has 0 radical (unpaired) electrons. The van der Waals surface area contributed by atoms with Crippen molar-refractivity contribution in [2.75, 3.05) is 24.5 Å². The summed E-state index contributed by atoms with van der Waals surface area (Å²) in [6.45, 7) is 7.07. The Hall–Kier alpha value is -3.27. The fourth-order valence-corrected chi connectivity index (χ4v) is 5.94. The van der Waals surface area contributed by atoms with Gasteiger partial charge in [-0.25, -0.2) is 8.42 Å². The molecule has 3 aromatic rings. The predicted octanol–water partition coefficient (Wildman–Crippen LogP) is 5.70. The molecule has 0 aliphatic rings. The van der Waals surface area contributed by atoms with Gasteiger partial charge in [0.05, 0.1) is 17.7 Å². The summed E-state index contributed by atoms with van der Waals surface area (Å²) in [5.74, 6) is -0.395. The van der Waals surface area contributed by atoms with Gasteiger partial charge in [-0.05, 0) is 56.2 Å². The van der Waals surface area contributed by atoms with Gasteiger partial charge < -0.3 is 15.0 Å². The van der Waals surface area contributed by atoms with E-state index in [-0.39, 0.29) is 29.0 Å². The largest absolute Gasteiger partial charge is 0.497 e. The number of nitrogens with zero attached hydrogens (tertiary/aromatic N) is 2. The summed E-state index contributed by atoms with van der Waals surface area (Å²) in [5.41, 5.74) is 1.56. The van der Waals surface area contributed by atoms with Gasteiger partial charge in [0.2, 0.25) is 11.8 Å². The first kappa shape index (κ1) is 32.2. The van der Waals surface area contributed by atoms with Crippen LogP contribution in [0.15, 0.2) is 71.6 Å². The Morgan fingerprint density at radius 3 is 2.15 bits per heavy atom. The minimum absolute atomic E-state index is 0.0159. The molecule has 2 amide bonds. The molecule has 0 bridgehead atoms. The van der Waals surface area contributed by atoms with Crippen LogP contribution in [0.4, 0.5) is 5.69 Å². The van der Waals surface area contributed by atoms with E-state index >= 15 is 0 Å². The lowest BCUT2D eigenvalue weighted by Gasteiger charge is -2.32. The second-order valence-corrected chi connectivity index (χ2v) is 12.7. The molecular weight excluding hydrogens is 585 g/mol. The van der Waals surface area contributed by atoms with Crippen LogP contribution in [0, 0.1) is 12.8 Å². The second-order valence-electron chi connectivity index (χ2n) is 10.1. The smallest absolute Gasteiger partial charge is 0.264 e. The van der Waals surface area contributed by atoms with Crippen LogP contribution in [-0.2, 0) is 26.2 Å². The summed E-state index contributed by atoms with van der Waals surface area (Å²) in [6, 6.07) is 16.8. The van der Waals surface area contributed by atoms with Gasteiger partial charge in [-0.3, -0.25) is 13.9 Å². The highest BCUT2D eigenvalue weighted by Gasteiger charge is 2.33. The third-order valence-corrected chi connectivity index (χ3v) is 8.97. The van der Waals surface area contributed by atoms with Crippen molar-refractivity contribution < 1.29 is 22.7 Å². The summed E-state index contributed by atoms with van der Waals surface area (Å²) < 4.78 is 34.2. The number of aryl methyl sites for hydroxylation is 1. The van der Waals surface area contributed by atoms with E-state index in [9.17, 15) is 18.0 Å². The minimum atomic E-state index is -4.20. The van der Waals surface area contributed by atoms with Crippen molar-refractivity contribution in [3.05, 3.63) is 87.9 Å². The van der Waals surface area contributed by atoms with E-state index in [1.165, 1.54) is 30.2 Å². The average molecular weight is 621 g/mol. The van der Waals surface area contributed by atoms with Crippen molar-refractivity contribution >= 4 is 50.7 Å². The molecule has 1 atom stereocenters. The van der Waals surface area contributed by atoms with Crippen molar-refractivity contribution in [2.24, 2.45) is 5.92 Å². The Morgan fingerprint density at radius 2 is 1.56 bits per heavy atom. The molecule has 0 saturated carbocycles. The number of benzene rings is 3. The fourth-order valence-electron chi connectivity index (χ4n) is 4.02. The number of rotatable bonds is 12. The molecule has 0 heterocycles. The molecule has 0 spiro atoms. The van der Waals surface area contributed by atoms with Crippen LogP contribution in [0.1, 0.15) is 31.9 Å². The van der Waals surface area contributed by atoms with E-state index in [4.69, 9.17) is 27.9 Å². The van der Waals surface area contributed by atoms with Gasteiger partial charge >= 0.3 is 0 Å². The van der Waals surface area contributed by atoms with Gasteiger partial charge in [0, 0.05) is 34.8 Å². The molecule has 0 unspecified atom stereocenters. The van der Waals surface area contributed by atoms with E-state index in [1.807, 2.05) is 20.8 Å². The summed E-state index contributed by atoms with van der Waals surface area (Å²) >= 11 is 12.8. The van der Waals surface area contributed by atoms with E-state index in [0.717, 1.165) is 9.87 Å². The quantitative estimate of drug-likeness (QED) is 0.281. The van der Waals surface area contributed by atoms with Crippen molar-refractivity contribution in [2.45, 2.75) is 45.2 Å². The molecule has 11 heteroatoms. The lowest BCUT2D eigenvalue weighted by Crippen LogP contribution is -2.51. The molecule has 3 aromatic carbocycles. The number of carbonyl (C=O) groups is 2. The normalized spacial score (nSPS) is 12.1. The van der Waals surface area contributed by atoms with Crippen LogP contribution < -0.4 is 14.4 Å². The van der Waals surface area contributed by atoms with Crippen molar-refractivity contribution in [1.29, 1.82) is 0 Å². The molecule has 0 aromatic heterocycles. The molecule has 0 aliphatic carbocycles. The number of nitrogens with one attached hydrogen (secondary N) is 1. The highest BCUT2D eigenvalue weighted by Crippen LogP contribution is 2.29. The number of carbonyl (C=O) groups excluding carboxylic acids is 2. The molecule has 1 N–H and O–H groups in total. The van der Waals surface area contributed by atoms with E-state index in [2.05, 4.69) is 5.32 Å². The van der Waals surface area contributed by atoms with Crippen LogP contribution in [0.3, 0.4) is 0 Å². The van der Waals surface area contributed by atoms with E-state index in [1.54, 1.807) is 55.5 Å². The SMILES string of the molecule is COc1cccc(N(CC(=O)N(Cc2c(Cl)cccc2Cl)[C@H](C)C(=O)NCC(C)C)S(=O)(=O)c2ccc(C)cc2)c1. The van der Waals surface area contributed by atoms with E-state index < -0.39 is 28.5 Å². The van der Waals surface area contributed by atoms with Gasteiger partial charge in [0.1, 0.15) is 18.3 Å². The average Bonchev–Trinajstić information content (AvgIpc) is 2.94. The Labute approximate surface area is 252 Å². The second kappa shape index (κ2) is 14.1. The Morgan fingerprint density at radius 1 is 0.951 bits per heavy atom. The predicted molar refractivity (Wildman–Crippen MR) is 163 cm³/mol. The maximum atomic E-state index is 14.0. The number of methoxy groups -OCH3 is 1. The molecule has 220 valence electrons. The molecular formula is C30H35Cl2N3O5S. The first-order chi connectivity index (χ1) is 19.3. The minimum Gasteiger partial charge on any atom is -0.497 e. The summed E-state index contributed by atoms with van der Waals surface area (Å²) in [5, 5.41) is 3.49. The lowest BCUT2D eigenvalue weighted by atomic mass is 10.1. The maximum Gasteiger partial charge on any atom is 0.264 e. The van der Waals surface area contributed by atoms with E-state index in [0.29, 0.717) is 27.9 Å². The van der Waals surface area contributed by atoms with Crippen LogP contribution in [0.2, 0.25) is 10.0 Å². The van der Waals surface area contributed by atoms with Gasteiger partial charge in [0.25, 0.3) is 10.0 Å². The number of ether oxygens (including phenoxy) is 1. The number of hydrogen-bond donors (Lipinski definition) is 1. The van der Waals surface area contributed by atoms with Crippen molar-refractivity contribution in [1.82, 2.24) is 10.2 Å². The molecule has 3 rings (SSSR count). The zero-order chi connectivity index (χ0) is 30.3. The number of amides is 2. The van der Waals surface area contributed by atoms with Gasteiger partial charge in [-0.2, -0.15) is 0 Å². The maximum absolute atomic E-state index is 14.0. The summed E-state index contributed by atoms with van der Waals surface area (Å²) in [7, 11) is -2.74. The van der Waals surface area contributed by atoms with Crippen LogP contribution in [-0.4, -0.2) is 51.4 Å². The highest BCUT2D eigenvalue weighted by molar-refractivity contribution is 7.92. The number of halogens is 2.